The summed E-state index contributed by atoms with van der Waals surface area (Å²) >= 11 is 0. The summed E-state index contributed by atoms with van der Waals surface area (Å²) in [6, 6.07) is 8.75. The van der Waals surface area contributed by atoms with E-state index in [9.17, 15) is 0 Å². The lowest BCUT2D eigenvalue weighted by molar-refractivity contribution is 0.0331. The fourth-order valence-electron chi connectivity index (χ4n) is 1.31. The Morgan fingerprint density at radius 3 is 2.29 bits per heavy atom. The number of hydroxylamine groups is 1. The first-order valence-electron chi connectivity index (χ1n) is 6.23. The first kappa shape index (κ1) is 15.9. The summed E-state index contributed by atoms with van der Waals surface area (Å²) in [4.78, 5) is 4.84. The maximum atomic E-state index is 4.84. The lowest BCUT2D eigenvalue weighted by atomic mass is 10.1. The minimum absolute atomic E-state index is 0.431. The van der Waals surface area contributed by atoms with E-state index in [0.29, 0.717) is 6.04 Å². The number of hydrogen-bond donors (Lipinski definition) is 1. The van der Waals surface area contributed by atoms with Crippen LogP contribution in [0, 0.1) is 0 Å². The molecule has 0 aliphatic rings. The Hall–Kier alpha value is -1.12. The van der Waals surface area contributed by atoms with E-state index >= 15 is 0 Å². The van der Waals surface area contributed by atoms with Crippen LogP contribution in [-0.4, -0.2) is 12.6 Å². The number of hydrogen-bond acceptors (Lipinski definition) is 2. The standard InChI is InChI=1S/C10H12.C5H13NO/c1-3-9-7-5-6-8-10(9)4-2;1-4-7-6-5(2)3/h3,5-8H,1,4H2,2H3;5-6H,4H2,1-3H3. The van der Waals surface area contributed by atoms with E-state index in [1.165, 1.54) is 11.1 Å². The molecule has 0 aromatic heterocycles. The van der Waals surface area contributed by atoms with Gasteiger partial charge in [-0.15, -0.1) is 0 Å². The molecule has 2 heteroatoms. The van der Waals surface area contributed by atoms with Crippen LogP contribution in [0.1, 0.15) is 38.8 Å². The highest BCUT2D eigenvalue weighted by Gasteiger charge is 1.91. The van der Waals surface area contributed by atoms with E-state index in [1.54, 1.807) is 0 Å². The predicted octanol–water partition coefficient (Wildman–Crippen LogP) is 3.83. The van der Waals surface area contributed by atoms with E-state index in [-0.39, 0.29) is 0 Å². The third-order valence-corrected chi connectivity index (χ3v) is 2.12. The monoisotopic (exact) mass is 235 g/mol. The molecule has 0 fully saturated rings. The molecule has 0 amide bonds. The van der Waals surface area contributed by atoms with Crippen LogP contribution < -0.4 is 5.48 Å². The molecule has 17 heavy (non-hydrogen) atoms. The van der Waals surface area contributed by atoms with Gasteiger partial charge in [0.2, 0.25) is 0 Å². The zero-order valence-electron chi connectivity index (χ0n) is 11.5. The molecule has 0 radical (unpaired) electrons. The fourth-order valence-corrected chi connectivity index (χ4v) is 1.31. The zero-order valence-corrected chi connectivity index (χ0v) is 11.5. The maximum Gasteiger partial charge on any atom is 0.0654 e. The van der Waals surface area contributed by atoms with Crippen molar-refractivity contribution in [1.82, 2.24) is 5.48 Å². The Balaban J connectivity index is 0.000000325. The zero-order chi connectivity index (χ0) is 13.1. The van der Waals surface area contributed by atoms with E-state index in [1.807, 2.05) is 32.9 Å². The summed E-state index contributed by atoms with van der Waals surface area (Å²) < 4.78 is 0. The lowest BCUT2D eigenvalue weighted by Gasteiger charge is -2.04. The van der Waals surface area contributed by atoms with Crippen molar-refractivity contribution < 1.29 is 4.84 Å². The summed E-state index contributed by atoms with van der Waals surface area (Å²) in [5.41, 5.74) is 5.42. The third kappa shape index (κ3) is 7.72. The van der Waals surface area contributed by atoms with Gasteiger partial charge in [0.15, 0.2) is 0 Å². The second-order valence-electron chi connectivity index (χ2n) is 3.96. The Morgan fingerprint density at radius 2 is 1.94 bits per heavy atom. The molecule has 2 nitrogen and oxygen atoms in total. The van der Waals surface area contributed by atoms with Crippen molar-refractivity contribution in [2.24, 2.45) is 0 Å². The van der Waals surface area contributed by atoms with Crippen LogP contribution in [0.5, 0.6) is 0 Å². The molecular formula is C15H25NO. The van der Waals surface area contributed by atoms with Crippen molar-refractivity contribution in [3.8, 4) is 0 Å². The van der Waals surface area contributed by atoms with Crippen molar-refractivity contribution >= 4 is 6.08 Å². The Labute approximate surface area is 106 Å². The van der Waals surface area contributed by atoms with Crippen LogP contribution >= 0.6 is 0 Å². The van der Waals surface area contributed by atoms with Gasteiger partial charge in [-0.05, 0) is 38.3 Å². The largest absolute Gasteiger partial charge is 0.302 e. The van der Waals surface area contributed by atoms with Gasteiger partial charge in [-0.1, -0.05) is 43.8 Å². The minimum Gasteiger partial charge on any atom is -0.302 e. The first-order chi connectivity index (χ1) is 8.15. The fraction of sp³-hybridized carbons (Fsp3) is 0.467. The summed E-state index contributed by atoms with van der Waals surface area (Å²) in [7, 11) is 0. The van der Waals surface area contributed by atoms with Gasteiger partial charge >= 0.3 is 0 Å². The number of rotatable bonds is 5. The topological polar surface area (TPSA) is 21.3 Å². The normalized spacial score (nSPS) is 9.71. The average Bonchev–Trinajstić information content (AvgIpc) is 2.36. The van der Waals surface area contributed by atoms with Gasteiger partial charge in [-0.3, -0.25) is 0 Å². The highest BCUT2D eigenvalue weighted by atomic mass is 16.6. The summed E-state index contributed by atoms with van der Waals surface area (Å²) in [6.07, 6.45) is 2.99. The smallest absolute Gasteiger partial charge is 0.0654 e. The minimum atomic E-state index is 0.431. The second kappa shape index (κ2) is 10.1. The second-order valence-corrected chi connectivity index (χ2v) is 3.96. The molecule has 0 aliphatic heterocycles. The van der Waals surface area contributed by atoms with Crippen molar-refractivity contribution in [2.45, 2.75) is 40.2 Å². The van der Waals surface area contributed by atoms with Crippen LogP contribution in [0.25, 0.3) is 6.08 Å². The predicted molar refractivity (Wildman–Crippen MR) is 75.8 cm³/mol. The Morgan fingerprint density at radius 1 is 1.29 bits per heavy atom. The number of nitrogens with one attached hydrogen (secondary N) is 1. The summed E-state index contributed by atoms with van der Waals surface area (Å²) in [6.45, 7) is 12.7. The van der Waals surface area contributed by atoms with Crippen LogP contribution in [0.2, 0.25) is 0 Å². The highest BCUT2D eigenvalue weighted by molar-refractivity contribution is 5.51. The van der Waals surface area contributed by atoms with E-state index in [2.05, 4.69) is 37.2 Å². The van der Waals surface area contributed by atoms with Gasteiger partial charge in [-0.25, -0.2) is 5.48 Å². The molecule has 0 heterocycles. The molecule has 1 aromatic carbocycles. The summed E-state index contributed by atoms with van der Waals surface area (Å²) in [5.74, 6) is 0. The van der Waals surface area contributed by atoms with Crippen LogP contribution in [0.3, 0.4) is 0 Å². The molecule has 0 saturated heterocycles. The Kier molecular flexibility index (Phi) is 9.40. The van der Waals surface area contributed by atoms with E-state index < -0.39 is 0 Å². The van der Waals surface area contributed by atoms with Crippen molar-refractivity contribution in [3.63, 3.8) is 0 Å². The molecule has 1 N–H and O–H groups in total. The van der Waals surface area contributed by atoms with Gasteiger partial charge in [0.1, 0.15) is 0 Å². The van der Waals surface area contributed by atoms with Gasteiger partial charge in [0.05, 0.1) is 6.61 Å². The van der Waals surface area contributed by atoms with Crippen molar-refractivity contribution in [3.05, 3.63) is 42.0 Å². The molecule has 96 valence electrons. The van der Waals surface area contributed by atoms with Crippen LogP contribution in [0.4, 0.5) is 0 Å². The molecule has 0 bridgehead atoms. The van der Waals surface area contributed by atoms with Crippen molar-refractivity contribution in [2.75, 3.05) is 6.61 Å². The maximum absolute atomic E-state index is 4.84. The highest BCUT2D eigenvalue weighted by Crippen LogP contribution is 2.09. The quantitative estimate of drug-likeness (QED) is 0.783. The SMILES string of the molecule is C=Cc1ccccc1CC.CCONC(C)C. The first-order valence-corrected chi connectivity index (χ1v) is 6.23. The van der Waals surface area contributed by atoms with E-state index in [4.69, 9.17) is 4.84 Å². The molecule has 0 spiro atoms. The van der Waals surface area contributed by atoms with Crippen LogP contribution in [-0.2, 0) is 11.3 Å². The Bertz CT molecular complexity index is 308. The summed E-state index contributed by atoms with van der Waals surface area (Å²) in [5, 5.41) is 0. The molecule has 0 saturated carbocycles. The lowest BCUT2D eigenvalue weighted by Crippen LogP contribution is -2.22. The van der Waals surface area contributed by atoms with Crippen molar-refractivity contribution in [1.29, 1.82) is 0 Å². The van der Waals surface area contributed by atoms with Gasteiger partial charge in [0, 0.05) is 6.04 Å². The molecule has 0 atom stereocenters. The average molecular weight is 235 g/mol. The molecular weight excluding hydrogens is 210 g/mol. The molecule has 1 aromatic rings. The molecule has 1 rings (SSSR count). The molecule has 0 aliphatic carbocycles. The number of benzene rings is 1. The number of aryl methyl sites for hydroxylation is 1. The van der Waals surface area contributed by atoms with Gasteiger partial charge < -0.3 is 4.84 Å². The van der Waals surface area contributed by atoms with Gasteiger partial charge in [-0.2, -0.15) is 0 Å². The third-order valence-electron chi connectivity index (χ3n) is 2.12. The van der Waals surface area contributed by atoms with Gasteiger partial charge in [0.25, 0.3) is 0 Å². The van der Waals surface area contributed by atoms with E-state index in [0.717, 1.165) is 13.0 Å². The van der Waals surface area contributed by atoms with Crippen LogP contribution in [0.15, 0.2) is 30.8 Å². The molecule has 0 unspecified atom stereocenters.